The largest absolute Gasteiger partial charge is 0.493 e. The van der Waals surface area contributed by atoms with Gasteiger partial charge in [-0.15, -0.1) is 0 Å². The van der Waals surface area contributed by atoms with Gasteiger partial charge in [0.2, 0.25) is 0 Å². The molecular weight excluding hydrogens is 232 g/mol. The third-order valence-electron chi connectivity index (χ3n) is 2.61. The number of aromatic nitrogens is 2. The summed E-state index contributed by atoms with van der Waals surface area (Å²) in [7, 11) is 1.45. The maximum atomic E-state index is 11.9. The van der Waals surface area contributed by atoms with E-state index in [1.54, 1.807) is 0 Å². The van der Waals surface area contributed by atoms with E-state index in [1.165, 1.54) is 18.0 Å². The number of hydrogen-bond acceptors (Lipinski definition) is 4. The van der Waals surface area contributed by atoms with Crippen LogP contribution >= 0.6 is 11.6 Å². The zero-order valence-corrected chi connectivity index (χ0v) is 9.74. The molecule has 88 valence electrons. The molecule has 0 aliphatic carbocycles. The van der Waals surface area contributed by atoms with Crippen molar-refractivity contribution in [1.82, 2.24) is 9.78 Å². The van der Waals surface area contributed by atoms with Gasteiger partial charge in [0.15, 0.2) is 10.8 Å². The van der Waals surface area contributed by atoms with Gasteiger partial charge in [-0.2, -0.15) is 5.10 Å². The highest BCUT2D eigenvalue weighted by Gasteiger charge is 2.20. The van der Waals surface area contributed by atoms with E-state index in [0.29, 0.717) is 12.4 Å². The fourth-order valence-electron chi connectivity index (χ4n) is 1.75. The van der Waals surface area contributed by atoms with Crippen molar-refractivity contribution in [2.24, 2.45) is 0 Å². The van der Waals surface area contributed by atoms with E-state index in [-0.39, 0.29) is 16.6 Å². The molecule has 1 aromatic heterocycles. The van der Waals surface area contributed by atoms with Crippen molar-refractivity contribution >= 4 is 11.6 Å². The zero-order chi connectivity index (χ0) is 11.5. The molecule has 1 fully saturated rings. The van der Waals surface area contributed by atoms with Crippen molar-refractivity contribution in [3.05, 3.63) is 21.6 Å². The molecule has 1 aromatic rings. The number of hydrogen-bond donors (Lipinski definition) is 0. The zero-order valence-electron chi connectivity index (χ0n) is 8.98. The molecule has 1 aliphatic rings. The first-order valence-electron chi connectivity index (χ1n) is 5.13. The van der Waals surface area contributed by atoms with Crippen LogP contribution in [0, 0.1) is 0 Å². The summed E-state index contributed by atoms with van der Waals surface area (Å²) in [5.41, 5.74) is -0.323. The molecule has 2 rings (SSSR count). The molecule has 6 heteroatoms. The van der Waals surface area contributed by atoms with Crippen LogP contribution in [0.5, 0.6) is 5.75 Å². The third kappa shape index (κ3) is 2.05. The lowest BCUT2D eigenvalue weighted by Gasteiger charge is -2.23. The van der Waals surface area contributed by atoms with Crippen molar-refractivity contribution in [2.75, 3.05) is 20.3 Å². The summed E-state index contributed by atoms with van der Waals surface area (Å²) < 4.78 is 11.6. The minimum atomic E-state index is -0.323. The highest BCUT2D eigenvalue weighted by molar-refractivity contribution is 6.31. The van der Waals surface area contributed by atoms with Gasteiger partial charge in [-0.1, -0.05) is 11.6 Å². The highest BCUT2D eigenvalue weighted by atomic mass is 35.5. The highest BCUT2D eigenvalue weighted by Crippen LogP contribution is 2.21. The first kappa shape index (κ1) is 11.4. The summed E-state index contributed by atoms with van der Waals surface area (Å²) >= 11 is 5.88. The van der Waals surface area contributed by atoms with Crippen LogP contribution in [0.25, 0.3) is 0 Å². The third-order valence-corrected chi connectivity index (χ3v) is 2.96. The number of rotatable bonds is 2. The van der Waals surface area contributed by atoms with Gasteiger partial charge in [-0.3, -0.25) is 4.79 Å². The van der Waals surface area contributed by atoms with Gasteiger partial charge in [0.25, 0.3) is 5.56 Å². The van der Waals surface area contributed by atoms with Crippen LogP contribution in [0.15, 0.2) is 11.0 Å². The molecule has 0 spiro atoms. The van der Waals surface area contributed by atoms with Gasteiger partial charge in [0, 0.05) is 6.61 Å². The van der Waals surface area contributed by atoms with E-state index in [2.05, 4.69) is 5.10 Å². The fourth-order valence-corrected chi connectivity index (χ4v) is 1.96. The molecule has 5 nitrogen and oxygen atoms in total. The number of nitrogens with zero attached hydrogens (tertiary/aromatic N) is 2. The second kappa shape index (κ2) is 4.84. The summed E-state index contributed by atoms with van der Waals surface area (Å²) in [6, 6.07) is -0.0235. The average molecular weight is 245 g/mol. The van der Waals surface area contributed by atoms with E-state index < -0.39 is 0 Å². The quantitative estimate of drug-likeness (QED) is 0.786. The predicted octanol–water partition coefficient (Wildman–Crippen LogP) is 1.26. The molecule has 0 bridgehead atoms. The molecule has 0 amide bonds. The molecule has 0 radical (unpaired) electrons. The first-order chi connectivity index (χ1) is 7.74. The summed E-state index contributed by atoms with van der Waals surface area (Å²) in [5.74, 6) is 0.305. The lowest BCUT2D eigenvalue weighted by Crippen LogP contribution is -2.32. The number of ether oxygens (including phenoxy) is 2. The second-order valence-corrected chi connectivity index (χ2v) is 4.03. The Hall–Kier alpha value is -1.07. The normalized spacial score (nSPS) is 20.8. The molecule has 1 atom stereocenters. The van der Waals surface area contributed by atoms with Crippen molar-refractivity contribution < 1.29 is 9.47 Å². The van der Waals surface area contributed by atoms with Gasteiger partial charge in [0.1, 0.15) is 0 Å². The van der Waals surface area contributed by atoms with E-state index in [4.69, 9.17) is 21.1 Å². The summed E-state index contributed by atoms with van der Waals surface area (Å²) in [5, 5.41) is 4.12. The molecule has 1 saturated heterocycles. The van der Waals surface area contributed by atoms with Crippen molar-refractivity contribution in [3.63, 3.8) is 0 Å². The Bertz CT molecular complexity index is 427. The molecule has 0 N–H and O–H groups in total. The van der Waals surface area contributed by atoms with Gasteiger partial charge >= 0.3 is 0 Å². The molecule has 0 aromatic carbocycles. The topological polar surface area (TPSA) is 53.4 Å². The standard InChI is InChI=1S/C10H13ClN2O3/c1-15-8-5-12-13(10(14)9(8)11)7-3-2-4-16-6-7/h5,7H,2-4,6H2,1H3. The van der Waals surface area contributed by atoms with Crippen LogP contribution in [-0.2, 0) is 4.74 Å². The van der Waals surface area contributed by atoms with Crippen molar-refractivity contribution in [3.8, 4) is 5.75 Å². The van der Waals surface area contributed by atoms with Gasteiger partial charge in [-0.05, 0) is 12.8 Å². The monoisotopic (exact) mass is 244 g/mol. The first-order valence-corrected chi connectivity index (χ1v) is 5.51. The number of halogens is 1. The van der Waals surface area contributed by atoms with Crippen LogP contribution in [-0.4, -0.2) is 30.1 Å². The van der Waals surface area contributed by atoms with E-state index in [9.17, 15) is 4.79 Å². The maximum absolute atomic E-state index is 11.9. The molecule has 1 aliphatic heterocycles. The van der Waals surface area contributed by atoms with Gasteiger partial charge < -0.3 is 9.47 Å². The maximum Gasteiger partial charge on any atom is 0.289 e. The number of methoxy groups -OCH3 is 1. The van der Waals surface area contributed by atoms with Crippen LogP contribution < -0.4 is 10.3 Å². The molecule has 2 heterocycles. The Labute approximate surface area is 97.9 Å². The van der Waals surface area contributed by atoms with Crippen LogP contribution in [0.2, 0.25) is 5.02 Å². The van der Waals surface area contributed by atoms with Crippen LogP contribution in [0.1, 0.15) is 18.9 Å². The minimum absolute atomic E-state index is 0.0235. The summed E-state index contributed by atoms with van der Waals surface area (Å²) in [6.07, 6.45) is 3.27. The lowest BCUT2D eigenvalue weighted by atomic mass is 10.1. The molecule has 0 saturated carbocycles. The Morgan fingerprint density at radius 3 is 3.12 bits per heavy atom. The van der Waals surface area contributed by atoms with Gasteiger partial charge in [0.05, 0.1) is 26.0 Å². The van der Waals surface area contributed by atoms with E-state index >= 15 is 0 Å². The van der Waals surface area contributed by atoms with Crippen molar-refractivity contribution in [2.45, 2.75) is 18.9 Å². The summed E-state index contributed by atoms with van der Waals surface area (Å²) in [4.78, 5) is 11.9. The summed E-state index contributed by atoms with van der Waals surface area (Å²) in [6.45, 7) is 1.25. The SMILES string of the molecule is COc1cnn(C2CCCOC2)c(=O)c1Cl. The second-order valence-electron chi connectivity index (χ2n) is 3.65. The Kier molecular flexibility index (Phi) is 3.46. The van der Waals surface area contributed by atoms with E-state index in [1.807, 2.05) is 0 Å². The minimum Gasteiger partial charge on any atom is -0.493 e. The molecule has 1 unspecified atom stereocenters. The van der Waals surface area contributed by atoms with Crippen LogP contribution in [0.3, 0.4) is 0 Å². The van der Waals surface area contributed by atoms with Gasteiger partial charge in [-0.25, -0.2) is 4.68 Å². The average Bonchev–Trinajstić information content (AvgIpc) is 2.34. The van der Waals surface area contributed by atoms with E-state index in [0.717, 1.165) is 19.4 Å². The Morgan fingerprint density at radius 1 is 1.69 bits per heavy atom. The molecular formula is C10H13ClN2O3. The molecule has 16 heavy (non-hydrogen) atoms. The smallest absolute Gasteiger partial charge is 0.289 e. The lowest BCUT2D eigenvalue weighted by molar-refractivity contribution is 0.0530. The van der Waals surface area contributed by atoms with Crippen LogP contribution in [0.4, 0.5) is 0 Å². The predicted molar refractivity (Wildman–Crippen MR) is 59.1 cm³/mol. The van der Waals surface area contributed by atoms with Crippen molar-refractivity contribution in [1.29, 1.82) is 0 Å². The Balaban J connectivity index is 2.34. The fraction of sp³-hybridized carbons (Fsp3) is 0.600. The Morgan fingerprint density at radius 2 is 2.50 bits per heavy atom.